The zero-order valence-corrected chi connectivity index (χ0v) is 13.0. The summed E-state index contributed by atoms with van der Waals surface area (Å²) in [4.78, 5) is 44.4. The lowest BCUT2D eigenvalue weighted by atomic mass is 10.1. The zero-order chi connectivity index (χ0) is 17.7. The third-order valence-corrected chi connectivity index (χ3v) is 3.51. The maximum atomic E-state index is 11.6. The van der Waals surface area contributed by atoms with Crippen LogP contribution in [-0.2, 0) is 38.1 Å². The highest BCUT2D eigenvalue weighted by atomic mass is 16.7. The molecule has 2 saturated heterocycles. The Balaban J connectivity index is 1.83. The molecule has 2 aliphatic rings. The van der Waals surface area contributed by atoms with Gasteiger partial charge >= 0.3 is 17.9 Å². The molecule has 2 heterocycles. The van der Waals surface area contributed by atoms with Crippen LogP contribution in [0.15, 0.2) is 12.2 Å². The fourth-order valence-corrected chi connectivity index (χ4v) is 2.44. The predicted molar refractivity (Wildman–Crippen MR) is 75.9 cm³/mol. The van der Waals surface area contributed by atoms with Crippen molar-refractivity contribution >= 4 is 23.7 Å². The molecule has 9 heteroatoms. The lowest BCUT2D eigenvalue weighted by Gasteiger charge is -2.16. The quantitative estimate of drug-likeness (QED) is 0.486. The molecule has 2 rings (SSSR count). The number of fused-ring (bicyclic) bond motifs is 1. The van der Waals surface area contributed by atoms with E-state index in [1.165, 1.54) is 6.92 Å². The predicted octanol–water partition coefficient (Wildman–Crippen LogP) is -0.382. The van der Waals surface area contributed by atoms with Gasteiger partial charge in [-0.15, -0.1) is 0 Å². The summed E-state index contributed by atoms with van der Waals surface area (Å²) in [6.45, 7) is 1.46. The van der Waals surface area contributed by atoms with Crippen LogP contribution in [0.1, 0.15) is 19.8 Å². The number of rotatable bonds is 7. The summed E-state index contributed by atoms with van der Waals surface area (Å²) in [6.07, 6.45) is -0.923. The molecule has 1 N–H and O–H groups in total. The number of carbonyl (C=O) groups is 4. The van der Waals surface area contributed by atoms with Gasteiger partial charge < -0.3 is 24.1 Å². The first-order valence-electron chi connectivity index (χ1n) is 7.40. The molecule has 2 aliphatic heterocycles. The number of allylic oxidation sites excluding steroid dienone is 1. The van der Waals surface area contributed by atoms with Gasteiger partial charge in [0.2, 0.25) is 0 Å². The number of hydrogen-bond acceptors (Lipinski definition) is 8. The van der Waals surface area contributed by atoms with E-state index in [4.69, 9.17) is 24.1 Å². The second kappa shape index (κ2) is 8.02. The minimum absolute atomic E-state index is 0.0749. The molecule has 0 spiro atoms. The molecule has 0 aliphatic carbocycles. The number of ether oxygens (including phenoxy) is 4. The fraction of sp³-hybridized carbons (Fsp3) is 0.600. The minimum atomic E-state index is -1.09. The molecule has 0 aromatic heterocycles. The van der Waals surface area contributed by atoms with Crippen molar-refractivity contribution in [3.63, 3.8) is 0 Å². The van der Waals surface area contributed by atoms with Crippen LogP contribution in [0.25, 0.3) is 0 Å². The molecule has 0 amide bonds. The molecule has 24 heavy (non-hydrogen) atoms. The van der Waals surface area contributed by atoms with E-state index >= 15 is 0 Å². The van der Waals surface area contributed by atoms with Crippen molar-refractivity contribution in [1.29, 1.82) is 0 Å². The van der Waals surface area contributed by atoms with E-state index in [0.717, 1.165) is 12.2 Å². The van der Waals surface area contributed by atoms with E-state index in [0.29, 0.717) is 0 Å². The van der Waals surface area contributed by atoms with Gasteiger partial charge in [-0.25, -0.2) is 4.79 Å². The molecule has 0 radical (unpaired) electrons. The zero-order valence-electron chi connectivity index (χ0n) is 13.0. The first kappa shape index (κ1) is 18.1. The highest BCUT2D eigenvalue weighted by Crippen LogP contribution is 2.30. The van der Waals surface area contributed by atoms with Gasteiger partial charge in [-0.1, -0.05) is 0 Å². The van der Waals surface area contributed by atoms with Crippen molar-refractivity contribution in [2.45, 2.75) is 44.2 Å². The molecule has 0 aromatic carbocycles. The molecule has 0 bridgehead atoms. The third-order valence-electron chi connectivity index (χ3n) is 3.51. The van der Waals surface area contributed by atoms with Crippen molar-refractivity contribution in [2.24, 2.45) is 0 Å². The maximum Gasteiger partial charge on any atom is 0.331 e. The lowest BCUT2D eigenvalue weighted by Crippen LogP contribution is -2.35. The smallest absolute Gasteiger partial charge is 0.331 e. The Hall–Kier alpha value is -2.26. The highest BCUT2D eigenvalue weighted by Gasteiger charge is 2.51. The van der Waals surface area contributed by atoms with E-state index in [-0.39, 0.29) is 31.8 Å². The monoisotopic (exact) mass is 342 g/mol. The second-order valence-electron chi connectivity index (χ2n) is 5.44. The Labute approximate surface area is 137 Å². The Morgan fingerprint density at radius 1 is 1.00 bits per heavy atom. The minimum Gasteiger partial charge on any atom is -0.481 e. The van der Waals surface area contributed by atoms with Gasteiger partial charge in [-0.3, -0.25) is 14.4 Å². The average Bonchev–Trinajstić information content (AvgIpc) is 3.07. The van der Waals surface area contributed by atoms with Crippen molar-refractivity contribution in [1.82, 2.24) is 0 Å². The van der Waals surface area contributed by atoms with Crippen LogP contribution in [0.3, 0.4) is 0 Å². The highest BCUT2D eigenvalue weighted by molar-refractivity contribution is 5.94. The molecule has 0 aromatic rings. The van der Waals surface area contributed by atoms with Crippen molar-refractivity contribution in [2.75, 3.05) is 13.2 Å². The standard InChI is InChI=1S/C15H18O9/c1-8(16)2-4-12(19)23-9-6-21-15-10(7-22-14(9)15)24-13(20)5-3-11(17)18/h2,4,9-10,14-15H,3,5-7H2,1H3,(H,17,18)/b4-2+/t9-,10+,14-,15-/m1/s1. The SMILES string of the molecule is CC(=O)/C=C/C(=O)O[C@@H]1CO[C@H]2[C@@H]1OC[C@@H]2OC(=O)CCC(=O)O. The average molecular weight is 342 g/mol. The van der Waals surface area contributed by atoms with E-state index in [1.807, 2.05) is 0 Å². The van der Waals surface area contributed by atoms with Gasteiger partial charge in [-0.2, -0.15) is 0 Å². The van der Waals surface area contributed by atoms with Crippen LogP contribution < -0.4 is 0 Å². The number of hydrogen-bond donors (Lipinski definition) is 1. The van der Waals surface area contributed by atoms with Crippen LogP contribution in [0, 0.1) is 0 Å². The van der Waals surface area contributed by atoms with E-state index < -0.39 is 42.3 Å². The molecule has 9 nitrogen and oxygen atoms in total. The molecule has 0 unspecified atom stereocenters. The van der Waals surface area contributed by atoms with Crippen LogP contribution in [0.4, 0.5) is 0 Å². The van der Waals surface area contributed by atoms with Gasteiger partial charge in [0, 0.05) is 6.08 Å². The molecular formula is C15H18O9. The molecule has 0 saturated carbocycles. The molecule has 132 valence electrons. The van der Waals surface area contributed by atoms with E-state index in [1.54, 1.807) is 0 Å². The topological polar surface area (TPSA) is 125 Å². The summed E-state index contributed by atoms with van der Waals surface area (Å²) >= 11 is 0. The number of carboxylic acid groups (broad SMARTS) is 1. The Morgan fingerprint density at radius 3 is 2.12 bits per heavy atom. The van der Waals surface area contributed by atoms with Crippen molar-refractivity contribution < 1.29 is 43.2 Å². The third kappa shape index (κ3) is 4.87. The molecule has 2 fully saturated rings. The van der Waals surface area contributed by atoms with Crippen LogP contribution in [-0.4, -0.2) is 66.4 Å². The first-order chi connectivity index (χ1) is 11.4. The van der Waals surface area contributed by atoms with E-state index in [9.17, 15) is 19.2 Å². The van der Waals surface area contributed by atoms with Crippen LogP contribution in [0.2, 0.25) is 0 Å². The van der Waals surface area contributed by atoms with Crippen LogP contribution in [0.5, 0.6) is 0 Å². The van der Waals surface area contributed by atoms with Gasteiger partial charge in [0.15, 0.2) is 18.0 Å². The fourth-order valence-electron chi connectivity index (χ4n) is 2.44. The molecule has 4 atom stereocenters. The van der Waals surface area contributed by atoms with E-state index in [2.05, 4.69) is 0 Å². The summed E-state index contributed by atoms with van der Waals surface area (Å²) in [7, 11) is 0. The van der Waals surface area contributed by atoms with Gasteiger partial charge in [0.25, 0.3) is 0 Å². The normalized spacial score (nSPS) is 28.5. The Morgan fingerprint density at radius 2 is 1.58 bits per heavy atom. The Kier molecular flexibility index (Phi) is 6.04. The number of carbonyl (C=O) groups excluding carboxylic acids is 3. The summed E-state index contributed by atoms with van der Waals surface area (Å²) in [6, 6.07) is 0. The lowest BCUT2D eigenvalue weighted by molar-refractivity contribution is -0.156. The van der Waals surface area contributed by atoms with Gasteiger partial charge in [0.1, 0.15) is 12.2 Å². The summed E-state index contributed by atoms with van der Waals surface area (Å²) in [5.41, 5.74) is 0. The maximum absolute atomic E-state index is 11.6. The molecular weight excluding hydrogens is 324 g/mol. The number of carboxylic acids is 1. The first-order valence-corrected chi connectivity index (χ1v) is 7.40. The van der Waals surface area contributed by atoms with Crippen molar-refractivity contribution in [3.8, 4) is 0 Å². The second-order valence-corrected chi connectivity index (χ2v) is 5.44. The number of ketones is 1. The van der Waals surface area contributed by atoms with Gasteiger partial charge in [-0.05, 0) is 13.0 Å². The largest absolute Gasteiger partial charge is 0.481 e. The summed E-state index contributed by atoms with van der Waals surface area (Å²) in [5, 5.41) is 8.54. The Bertz CT molecular complexity index is 553. The summed E-state index contributed by atoms with van der Waals surface area (Å²) < 4.78 is 21.3. The van der Waals surface area contributed by atoms with Gasteiger partial charge in [0.05, 0.1) is 26.1 Å². The van der Waals surface area contributed by atoms with Crippen LogP contribution >= 0.6 is 0 Å². The summed E-state index contributed by atoms with van der Waals surface area (Å²) in [5.74, 6) is -2.71. The van der Waals surface area contributed by atoms with Crippen molar-refractivity contribution in [3.05, 3.63) is 12.2 Å². The number of esters is 2. The number of aliphatic carboxylic acids is 1.